The van der Waals surface area contributed by atoms with Crippen molar-refractivity contribution in [2.75, 3.05) is 11.4 Å². The highest BCUT2D eigenvalue weighted by Crippen LogP contribution is 2.45. The molecule has 0 saturated heterocycles. The number of aromatic nitrogens is 1. The van der Waals surface area contributed by atoms with E-state index in [1.165, 1.54) is 16.0 Å². The van der Waals surface area contributed by atoms with Crippen LogP contribution in [-0.2, 0) is 30.5 Å². The molecule has 4 heterocycles. The minimum Gasteiger partial charge on any atom is -0.423 e. The van der Waals surface area contributed by atoms with Crippen molar-refractivity contribution in [2.24, 2.45) is 5.41 Å². The van der Waals surface area contributed by atoms with Crippen LogP contribution in [0.5, 0.6) is 0 Å². The second-order valence-corrected chi connectivity index (χ2v) is 9.01. The lowest BCUT2D eigenvalue weighted by Gasteiger charge is -2.28. The van der Waals surface area contributed by atoms with E-state index in [0.29, 0.717) is 24.4 Å². The van der Waals surface area contributed by atoms with E-state index in [4.69, 9.17) is 4.65 Å². The number of anilines is 1. The van der Waals surface area contributed by atoms with Crippen molar-refractivity contribution in [3.63, 3.8) is 0 Å². The zero-order valence-electron chi connectivity index (χ0n) is 14.3. The lowest BCUT2D eigenvalue weighted by atomic mass is 9.80. The number of hydrogen-bond donors (Lipinski definition) is 1. The highest BCUT2D eigenvalue weighted by Gasteiger charge is 2.40. The summed E-state index contributed by atoms with van der Waals surface area (Å²) in [6, 6.07) is 1.76. The van der Waals surface area contributed by atoms with E-state index in [0.717, 1.165) is 35.2 Å². The van der Waals surface area contributed by atoms with Gasteiger partial charge in [0.05, 0.1) is 11.5 Å². The third-order valence-corrected chi connectivity index (χ3v) is 6.76. The second-order valence-electron chi connectivity index (χ2n) is 7.90. The molecule has 2 aromatic rings. The molecule has 2 aromatic heterocycles. The quantitative estimate of drug-likeness (QED) is 0.792. The van der Waals surface area contributed by atoms with Crippen molar-refractivity contribution < 1.29 is 14.5 Å². The zero-order chi connectivity index (χ0) is 17.3. The molecule has 0 fully saturated rings. The molecule has 1 amide bonds. The van der Waals surface area contributed by atoms with E-state index in [-0.39, 0.29) is 5.91 Å². The predicted molar refractivity (Wildman–Crippen MR) is 97.5 cm³/mol. The van der Waals surface area contributed by atoms with Crippen LogP contribution in [0.4, 0.5) is 5.82 Å². The molecule has 0 bridgehead atoms. The molecule has 1 aliphatic carbocycles. The van der Waals surface area contributed by atoms with Crippen LogP contribution in [0, 0.1) is 5.41 Å². The van der Waals surface area contributed by atoms with E-state index < -0.39 is 7.12 Å². The number of pyridine rings is 1. The summed E-state index contributed by atoms with van der Waals surface area (Å²) in [6.07, 6.45) is 4.65. The van der Waals surface area contributed by atoms with Crippen LogP contribution in [0.1, 0.15) is 45.1 Å². The lowest BCUT2D eigenvalue weighted by molar-refractivity contribution is 0.0983. The number of nitrogens with zero attached hydrogens (tertiary/aromatic N) is 2. The van der Waals surface area contributed by atoms with Crippen molar-refractivity contribution in [1.29, 1.82) is 0 Å². The fraction of sp³-hybridized carbons (Fsp3) is 0.444. The van der Waals surface area contributed by atoms with Gasteiger partial charge in [-0.15, -0.1) is 11.3 Å². The van der Waals surface area contributed by atoms with Crippen LogP contribution in [0.3, 0.4) is 0 Å². The molecule has 2 aliphatic heterocycles. The number of thiophene rings is 1. The first-order chi connectivity index (χ1) is 11.9. The van der Waals surface area contributed by atoms with Gasteiger partial charge in [-0.25, -0.2) is 4.98 Å². The SMILES string of the molecule is CC1(C)Cc2sc3c(c2C1)CCN(c1nccc2c1COB2O)C3=O. The third kappa shape index (κ3) is 2.22. The Morgan fingerprint density at radius 3 is 3.00 bits per heavy atom. The van der Waals surface area contributed by atoms with Gasteiger partial charge in [0.15, 0.2) is 0 Å². The van der Waals surface area contributed by atoms with Crippen molar-refractivity contribution >= 4 is 35.6 Å². The topological polar surface area (TPSA) is 62.7 Å². The summed E-state index contributed by atoms with van der Waals surface area (Å²) in [5.41, 5.74) is 4.54. The highest BCUT2D eigenvalue weighted by molar-refractivity contribution is 7.14. The molecule has 5 rings (SSSR count). The van der Waals surface area contributed by atoms with Gasteiger partial charge in [-0.2, -0.15) is 0 Å². The summed E-state index contributed by atoms with van der Waals surface area (Å²) >= 11 is 1.67. The van der Waals surface area contributed by atoms with Crippen molar-refractivity contribution in [3.8, 4) is 0 Å². The van der Waals surface area contributed by atoms with Gasteiger partial charge in [0.2, 0.25) is 0 Å². The van der Waals surface area contributed by atoms with Crippen molar-refractivity contribution in [1.82, 2.24) is 4.98 Å². The molecular formula is C18H19BN2O3S. The molecule has 128 valence electrons. The van der Waals surface area contributed by atoms with Crippen LogP contribution >= 0.6 is 11.3 Å². The summed E-state index contributed by atoms with van der Waals surface area (Å²) in [5, 5.41) is 9.90. The van der Waals surface area contributed by atoms with Crippen LogP contribution in [-0.4, -0.2) is 29.6 Å². The van der Waals surface area contributed by atoms with E-state index in [2.05, 4.69) is 18.8 Å². The molecule has 0 aromatic carbocycles. The summed E-state index contributed by atoms with van der Waals surface area (Å²) in [5.74, 6) is 0.680. The Labute approximate surface area is 150 Å². The molecule has 0 atom stereocenters. The Kier molecular flexibility index (Phi) is 3.21. The summed E-state index contributed by atoms with van der Waals surface area (Å²) in [7, 11) is -0.917. The number of hydrogen-bond acceptors (Lipinski definition) is 5. The first-order valence-electron chi connectivity index (χ1n) is 8.67. The number of fused-ring (bicyclic) bond motifs is 4. The summed E-state index contributed by atoms with van der Waals surface area (Å²) in [6.45, 7) is 5.53. The number of amides is 1. The molecule has 25 heavy (non-hydrogen) atoms. The molecule has 5 nitrogen and oxygen atoms in total. The average molecular weight is 354 g/mol. The minimum absolute atomic E-state index is 0.0424. The Hall–Kier alpha value is -1.70. The normalized spacial score (nSPS) is 20.7. The van der Waals surface area contributed by atoms with E-state index in [9.17, 15) is 9.82 Å². The van der Waals surface area contributed by atoms with E-state index in [1.54, 1.807) is 28.5 Å². The maximum absolute atomic E-state index is 13.2. The van der Waals surface area contributed by atoms with Gasteiger partial charge in [-0.05, 0) is 47.3 Å². The molecule has 0 spiro atoms. The van der Waals surface area contributed by atoms with Crippen molar-refractivity contribution in [3.05, 3.63) is 38.7 Å². The van der Waals surface area contributed by atoms with Crippen molar-refractivity contribution in [2.45, 2.75) is 39.7 Å². The molecular weight excluding hydrogens is 335 g/mol. The Morgan fingerprint density at radius 1 is 1.32 bits per heavy atom. The zero-order valence-corrected chi connectivity index (χ0v) is 15.2. The molecule has 0 unspecified atom stereocenters. The lowest BCUT2D eigenvalue weighted by Crippen LogP contribution is -2.39. The van der Waals surface area contributed by atoms with Gasteiger partial charge in [-0.3, -0.25) is 9.69 Å². The van der Waals surface area contributed by atoms with Gasteiger partial charge < -0.3 is 9.68 Å². The number of carbonyl (C=O) groups excluding carboxylic acids is 1. The van der Waals surface area contributed by atoms with Crippen LogP contribution < -0.4 is 10.4 Å². The molecule has 7 heteroatoms. The molecule has 3 aliphatic rings. The smallest absolute Gasteiger partial charge is 0.423 e. The first kappa shape index (κ1) is 15.6. The fourth-order valence-corrected chi connectivity index (χ4v) is 5.90. The maximum atomic E-state index is 13.2. The van der Waals surface area contributed by atoms with Crippen LogP contribution in [0.15, 0.2) is 12.3 Å². The predicted octanol–water partition coefficient (Wildman–Crippen LogP) is 1.69. The Balaban J connectivity index is 1.54. The highest BCUT2D eigenvalue weighted by atomic mass is 32.1. The van der Waals surface area contributed by atoms with Gasteiger partial charge in [0, 0.05) is 23.2 Å². The average Bonchev–Trinajstić information content (AvgIpc) is 3.19. The van der Waals surface area contributed by atoms with Gasteiger partial charge in [0.1, 0.15) is 5.82 Å². The Morgan fingerprint density at radius 2 is 2.16 bits per heavy atom. The largest absolute Gasteiger partial charge is 0.491 e. The van der Waals surface area contributed by atoms with Crippen LogP contribution in [0.2, 0.25) is 0 Å². The maximum Gasteiger partial charge on any atom is 0.491 e. The summed E-state index contributed by atoms with van der Waals surface area (Å²) < 4.78 is 5.31. The fourth-order valence-electron chi connectivity index (χ4n) is 4.32. The van der Waals surface area contributed by atoms with Gasteiger partial charge >= 0.3 is 7.12 Å². The van der Waals surface area contributed by atoms with Gasteiger partial charge in [0.25, 0.3) is 5.91 Å². The first-order valence-corrected chi connectivity index (χ1v) is 9.49. The second kappa shape index (κ2) is 5.16. The molecule has 0 radical (unpaired) electrons. The standard InChI is InChI=1S/C18H19BN2O3S/c1-18(2)7-11-10-4-6-21(17(22)15(10)25-14(11)8-18)16-12-9-24-19(23)13(12)3-5-20-16/h3,5,23H,4,6-9H2,1-2H3. The molecule has 1 N–H and O–H groups in total. The number of rotatable bonds is 1. The van der Waals surface area contributed by atoms with Crippen LogP contribution in [0.25, 0.3) is 0 Å². The Bertz CT molecular complexity index is 908. The van der Waals surface area contributed by atoms with E-state index >= 15 is 0 Å². The monoisotopic (exact) mass is 354 g/mol. The number of carbonyl (C=O) groups is 1. The summed E-state index contributed by atoms with van der Waals surface area (Å²) in [4.78, 5) is 21.6. The van der Waals surface area contributed by atoms with Gasteiger partial charge in [-0.1, -0.05) is 13.8 Å². The van der Waals surface area contributed by atoms with E-state index in [1.807, 2.05) is 0 Å². The molecule has 0 saturated carbocycles. The minimum atomic E-state index is -0.917. The third-order valence-electron chi connectivity index (χ3n) is 5.50.